The summed E-state index contributed by atoms with van der Waals surface area (Å²) in [5.41, 5.74) is 0. The molecule has 0 aromatic heterocycles. The van der Waals surface area contributed by atoms with Crippen LogP contribution in [-0.4, -0.2) is 37.0 Å². The first-order valence-corrected chi connectivity index (χ1v) is 6.73. The number of likely N-dealkylation sites (tertiary alicyclic amines) is 1. The Bertz CT molecular complexity index is 236. The number of carbonyl (C=O) groups excluding carboxylic acids is 1. The molecular formula is C13H24N2O. The fourth-order valence-corrected chi connectivity index (χ4v) is 3.22. The van der Waals surface area contributed by atoms with Crippen LogP contribution in [0.15, 0.2) is 0 Å². The molecule has 0 aliphatic carbocycles. The molecule has 0 spiro atoms. The van der Waals surface area contributed by atoms with Crippen LogP contribution >= 0.6 is 0 Å². The van der Waals surface area contributed by atoms with E-state index in [-0.39, 0.29) is 5.91 Å². The second-order valence-corrected chi connectivity index (χ2v) is 5.28. The van der Waals surface area contributed by atoms with Crippen molar-refractivity contribution in [2.45, 2.75) is 39.0 Å². The van der Waals surface area contributed by atoms with Crippen molar-refractivity contribution in [2.24, 2.45) is 11.8 Å². The van der Waals surface area contributed by atoms with Crippen molar-refractivity contribution >= 4 is 5.91 Å². The van der Waals surface area contributed by atoms with Crippen molar-refractivity contribution in [3.8, 4) is 0 Å². The molecule has 92 valence electrons. The van der Waals surface area contributed by atoms with Crippen LogP contribution in [0, 0.1) is 11.8 Å². The Kier molecular flexibility index (Phi) is 4.22. The zero-order valence-electron chi connectivity index (χ0n) is 10.4. The summed E-state index contributed by atoms with van der Waals surface area (Å²) in [5.74, 6) is 2.03. The molecule has 0 radical (unpaired) electrons. The van der Waals surface area contributed by atoms with Gasteiger partial charge in [-0.3, -0.25) is 4.79 Å². The summed E-state index contributed by atoms with van der Waals surface area (Å²) in [6.07, 6.45) is 6.43. The topological polar surface area (TPSA) is 32.3 Å². The Morgan fingerprint density at radius 1 is 1.06 bits per heavy atom. The Morgan fingerprint density at radius 2 is 1.75 bits per heavy atom. The molecule has 0 saturated carbocycles. The highest BCUT2D eigenvalue weighted by atomic mass is 16.2. The minimum atomic E-state index is 0.256. The Balaban J connectivity index is 1.85. The van der Waals surface area contributed by atoms with Crippen LogP contribution in [0.25, 0.3) is 0 Å². The van der Waals surface area contributed by atoms with Crippen LogP contribution in [0.2, 0.25) is 0 Å². The SMILES string of the molecule is CC(=O)N1CCCC(C2CCNCC2)CC1. The van der Waals surface area contributed by atoms with Crippen LogP contribution < -0.4 is 5.32 Å². The third kappa shape index (κ3) is 2.97. The summed E-state index contributed by atoms with van der Waals surface area (Å²) in [6, 6.07) is 0. The highest BCUT2D eigenvalue weighted by Crippen LogP contribution is 2.30. The quantitative estimate of drug-likeness (QED) is 0.734. The van der Waals surface area contributed by atoms with Crippen LogP contribution in [-0.2, 0) is 4.79 Å². The molecule has 2 aliphatic heterocycles. The molecule has 2 fully saturated rings. The van der Waals surface area contributed by atoms with E-state index in [1.807, 2.05) is 4.90 Å². The summed E-state index contributed by atoms with van der Waals surface area (Å²) in [5, 5.41) is 3.43. The molecule has 0 aromatic rings. The molecule has 1 unspecified atom stereocenters. The van der Waals surface area contributed by atoms with Gasteiger partial charge in [0.2, 0.25) is 5.91 Å². The van der Waals surface area contributed by atoms with Gasteiger partial charge in [0.1, 0.15) is 0 Å². The van der Waals surface area contributed by atoms with Crippen LogP contribution in [0.4, 0.5) is 0 Å². The minimum Gasteiger partial charge on any atom is -0.343 e. The minimum absolute atomic E-state index is 0.256. The number of nitrogens with zero attached hydrogens (tertiary/aromatic N) is 1. The highest BCUT2D eigenvalue weighted by Gasteiger charge is 2.26. The van der Waals surface area contributed by atoms with Gasteiger partial charge in [0.25, 0.3) is 0 Å². The zero-order valence-corrected chi connectivity index (χ0v) is 10.4. The lowest BCUT2D eigenvalue weighted by Gasteiger charge is -2.30. The van der Waals surface area contributed by atoms with Gasteiger partial charge in [-0.2, -0.15) is 0 Å². The van der Waals surface area contributed by atoms with Gasteiger partial charge >= 0.3 is 0 Å². The molecule has 0 aromatic carbocycles. The lowest BCUT2D eigenvalue weighted by atomic mass is 9.81. The number of amides is 1. The predicted molar refractivity (Wildman–Crippen MR) is 65.2 cm³/mol. The maximum atomic E-state index is 11.4. The van der Waals surface area contributed by atoms with Crippen LogP contribution in [0.3, 0.4) is 0 Å². The molecule has 2 aliphatic rings. The lowest BCUT2D eigenvalue weighted by Crippen LogP contribution is -2.33. The standard InChI is InChI=1S/C13H24N2O/c1-11(16)15-9-2-3-12(6-10-15)13-4-7-14-8-5-13/h12-14H,2-10H2,1H3. The summed E-state index contributed by atoms with van der Waals surface area (Å²) in [6.45, 7) is 6.06. The number of hydrogen-bond donors (Lipinski definition) is 1. The molecule has 3 heteroatoms. The number of rotatable bonds is 1. The van der Waals surface area contributed by atoms with E-state index < -0.39 is 0 Å². The second kappa shape index (κ2) is 5.67. The van der Waals surface area contributed by atoms with Crippen molar-refractivity contribution in [3.63, 3.8) is 0 Å². The van der Waals surface area contributed by atoms with Gasteiger partial charge in [0.05, 0.1) is 0 Å². The van der Waals surface area contributed by atoms with Gasteiger partial charge in [-0.15, -0.1) is 0 Å². The van der Waals surface area contributed by atoms with Gasteiger partial charge in [-0.05, 0) is 57.0 Å². The van der Waals surface area contributed by atoms with E-state index >= 15 is 0 Å². The molecule has 1 amide bonds. The molecule has 1 N–H and O–H groups in total. The average molecular weight is 224 g/mol. The summed E-state index contributed by atoms with van der Waals surface area (Å²) in [7, 11) is 0. The highest BCUT2D eigenvalue weighted by molar-refractivity contribution is 5.73. The van der Waals surface area contributed by atoms with Gasteiger partial charge in [0.15, 0.2) is 0 Å². The van der Waals surface area contributed by atoms with E-state index in [2.05, 4.69) is 5.32 Å². The number of hydrogen-bond acceptors (Lipinski definition) is 2. The predicted octanol–water partition coefficient (Wildman–Crippen LogP) is 1.63. The Hall–Kier alpha value is -0.570. The fourth-order valence-electron chi connectivity index (χ4n) is 3.22. The van der Waals surface area contributed by atoms with E-state index in [0.717, 1.165) is 24.9 Å². The normalized spacial score (nSPS) is 28.8. The second-order valence-electron chi connectivity index (χ2n) is 5.28. The first-order chi connectivity index (χ1) is 7.77. The summed E-state index contributed by atoms with van der Waals surface area (Å²) < 4.78 is 0. The third-order valence-corrected chi connectivity index (χ3v) is 4.27. The fraction of sp³-hybridized carbons (Fsp3) is 0.923. The average Bonchev–Trinajstić information content (AvgIpc) is 2.55. The Labute approximate surface area is 98.6 Å². The van der Waals surface area contributed by atoms with Crippen molar-refractivity contribution < 1.29 is 4.79 Å². The smallest absolute Gasteiger partial charge is 0.219 e. The van der Waals surface area contributed by atoms with Gasteiger partial charge in [-0.25, -0.2) is 0 Å². The zero-order chi connectivity index (χ0) is 11.4. The molecule has 2 saturated heterocycles. The molecule has 2 heterocycles. The molecule has 2 rings (SSSR count). The number of piperidine rings is 1. The molecule has 3 nitrogen and oxygen atoms in total. The van der Waals surface area contributed by atoms with Gasteiger partial charge < -0.3 is 10.2 Å². The van der Waals surface area contributed by atoms with Crippen molar-refractivity contribution in [2.75, 3.05) is 26.2 Å². The number of nitrogens with one attached hydrogen (secondary N) is 1. The number of carbonyl (C=O) groups is 1. The Morgan fingerprint density at radius 3 is 2.44 bits per heavy atom. The summed E-state index contributed by atoms with van der Waals surface area (Å²) >= 11 is 0. The van der Waals surface area contributed by atoms with Crippen molar-refractivity contribution in [1.29, 1.82) is 0 Å². The largest absolute Gasteiger partial charge is 0.343 e. The first kappa shape index (κ1) is 11.9. The van der Waals surface area contributed by atoms with E-state index in [4.69, 9.17) is 0 Å². The molecular weight excluding hydrogens is 200 g/mol. The lowest BCUT2D eigenvalue weighted by molar-refractivity contribution is -0.128. The third-order valence-electron chi connectivity index (χ3n) is 4.27. The summed E-state index contributed by atoms with van der Waals surface area (Å²) in [4.78, 5) is 13.4. The van der Waals surface area contributed by atoms with Crippen LogP contribution in [0.1, 0.15) is 39.0 Å². The van der Waals surface area contributed by atoms with Gasteiger partial charge in [0, 0.05) is 20.0 Å². The van der Waals surface area contributed by atoms with E-state index in [1.54, 1.807) is 6.92 Å². The monoisotopic (exact) mass is 224 g/mol. The van der Waals surface area contributed by atoms with E-state index in [0.29, 0.717) is 0 Å². The van der Waals surface area contributed by atoms with Crippen LogP contribution in [0.5, 0.6) is 0 Å². The van der Waals surface area contributed by atoms with E-state index in [1.165, 1.54) is 45.2 Å². The maximum Gasteiger partial charge on any atom is 0.219 e. The first-order valence-electron chi connectivity index (χ1n) is 6.73. The van der Waals surface area contributed by atoms with E-state index in [9.17, 15) is 4.79 Å². The molecule has 1 atom stereocenters. The van der Waals surface area contributed by atoms with Crippen molar-refractivity contribution in [1.82, 2.24) is 10.2 Å². The molecule has 16 heavy (non-hydrogen) atoms. The van der Waals surface area contributed by atoms with Crippen molar-refractivity contribution in [3.05, 3.63) is 0 Å². The molecule has 0 bridgehead atoms. The van der Waals surface area contributed by atoms with Gasteiger partial charge in [-0.1, -0.05) is 0 Å². The maximum absolute atomic E-state index is 11.4.